The molecule has 0 spiro atoms. The zero-order valence-corrected chi connectivity index (χ0v) is 23.6. The largest absolute Gasteiger partial charge is 0.487 e. The van der Waals surface area contributed by atoms with Gasteiger partial charge in [-0.05, 0) is 61.9 Å². The summed E-state index contributed by atoms with van der Waals surface area (Å²) in [5.41, 5.74) is 4.13. The molecular weight excluding hydrogens is 516 g/mol. The highest BCUT2D eigenvalue weighted by Crippen LogP contribution is 2.36. The minimum Gasteiger partial charge on any atom is -0.487 e. The molecule has 0 fully saturated rings. The van der Waals surface area contributed by atoms with Crippen LogP contribution in [0.5, 0.6) is 5.75 Å². The first kappa shape index (κ1) is 28.8. The van der Waals surface area contributed by atoms with Crippen molar-refractivity contribution in [3.63, 3.8) is 0 Å². The second-order valence-corrected chi connectivity index (χ2v) is 12.3. The Balaban J connectivity index is 1.67. The smallest absolute Gasteiger partial charge is 0.335 e. The predicted molar refractivity (Wildman–Crippen MR) is 150 cm³/mol. The van der Waals surface area contributed by atoms with E-state index in [2.05, 4.69) is 4.90 Å². The lowest BCUT2D eigenvalue weighted by atomic mass is 10.0. The summed E-state index contributed by atoms with van der Waals surface area (Å²) in [5.74, 6) is -0.854. The van der Waals surface area contributed by atoms with Crippen LogP contribution < -0.4 is 4.74 Å². The van der Waals surface area contributed by atoms with Crippen molar-refractivity contribution in [2.75, 3.05) is 26.7 Å². The molecule has 0 aliphatic carbocycles. The van der Waals surface area contributed by atoms with Crippen molar-refractivity contribution >= 4 is 16.0 Å². The second kappa shape index (κ2) is 11.9. The number of hydrogen-bond donors (Lipinski definition) is 2. The van der Waals surface area contributed by atoms with Crippen molar-refractivity contribution in [2.45, 2.75) is 44.4 Å². The monoisotopic (exact) mass is 552 g/mol. The van der Waals surface area contributed by atoms with Gasteiger partial charge in [-0.25, -0.2) is 13.2 Å². The highest BCUT2D eigenvalue weighted by Gasteiger charge is 2.38. The number of aliphatic hydroxyl groups is 1. The highest BCUT2D eigenvalue weighted by molar-refractivity contribution is 7.89. The molecule has 0 bridgehead atoms. The lowest BCUT2D eigenvalue weighted by Crippen LogP contribution is -2.49. The van der Waals surface area contributed by atoms with E-state index in [-0.39, 0.29) is 35.6 Å². The zero-order valence-electron chi connectivity index (χ0n) is 22.7. The molecule has 1 heterocycles. The molecule has 4 rings (SSSR count). The summed E-state index contributed by atoms with van der Waals surface area (Å²) in [6.45, 7) is 6.67. The van der Waals surface area contributed by atoms with E-state index in [1.165, 1.54) is 4.31 Å². The summed E-state index contributed by atoms with van der Waals surface area (Å²) >= 11 is 0. The van der Waals surface area contributed by atoms with E-state index in [9.17, 15) is 18.3 Å². The van der Waals surface area contributed by atoms with E-state index in [0.29, 0.717) is 18.8 Å². The molecule has 3 aromatic carbocycles. The number of carboxylic acid groups (broad SMARTS) is 1. The average Bonchev–Trinajstić information content (AvgIpc) is 2.90. The SMILES string of the molecule is Cc1ccc(-c2ccc3c(c2)O[C@@H](CN(C)Cc2ccc(C(=O)O)cc2)[C@@H](C)CN([C@@H](C)CO)S3(=O)=O)cc1. The maximum absolute atomic E-state index is 13.7. The number of hydrogen-bond acceptors (Lipinski definition) is 6. The van der Waals surface area contributed by atoms with Gasteiger partial charge < -0.3 is 14.9 Å². The van der Waals surface area contributed by atoms with Crippen LogP contribution in [-0.4, -0.2) is 72.7 Å². The van der Waals surface area contributed by atoms with E-state index in [1.807, 2.05) is 45.2 Å². The van der Waals surface area contributed by atoms with Gasteiger partial charge in [0.05, 0.1) is 12.2 Å². The molecule has 0 saturated heterocycles. The Bertz CT molecular complexity index is 1410. The number of nitrogens with zero attached hydrogens (tertiary/aromatic N) is 2. The Hall–Kier alpha value is -3.24. The Morgan fingerprint density at radius 1 is 1.08 bits per heavy atom. The van der Waals surface area contributed by atoms with Crippen LogP contribution in [0.15, 0.2) is 71.6 Å². The summed E-state index contributed by atoms with van der Waals surface area (Å²) in [4.78, 5) is 13.3. The van der Waals surface area contributed by atoms with Gasteiger partial charge in [0, 0.05) is 31.6 Å². The molecule has 0 saturated carbocycles. The van der Waals surface area contributed by atoms with Gasteiger partial charge in [0.2, 0.25) is 10.0 Å². The third-order valence-corrected chi connectivity index (χ3v) is 9.22. The second-order valence-electron chi connectivity index (χ2n) is 10.5. The molecule has 3 aromatic rings. The highest BCUT2D eigenvalue weighted by atomic mass is 32.2. The van der Waals surface area contributed by atoms with E-state index >= 15 is 0 Å². The molecule has 0 aromatic heterocycles. The topological polar surface area (TPSA) is 107 Å². The maximum Gasteiger partial charge on any atom is 0.335 e. The van der Waals surface area contributed by atoms with Gasteiger partial charge in [0.1, 0.15) is 16.7 Å². The Morgan fingerprint density at radius 3 is 2.33 bits per heavy atom. The molecular formula is C30H36N2O6S. The number of aliphatic hydroxyl groups excluding tert-OH is 1. The van der Waals surface area contributed by atoms with Crippen molar-refractivity contribution < 1.29 is 28.2 Å². The van der Waals surface area contributed by atoms with Gasteiger partial charge >= 0.3 is 5.97 Å². The van der Waals surface area contributed by atoms with E-state index < -0.39 is 22.0 Å². The minimum absolute atomic E-state index is 0.0856. The number of rotatable bonds is 8. The molecule has 2 N–H and O–H groups in total. The van der Waals surface area contributed by atoms with Gasteiger partial charge in [-0.1, -0.05) is 55.0 Å². The number of carboxylic acids is 1. The third kappa shape index (κ3) is 6.50. The summed E-state index contributed by atoms with van der Waals surface area (Å²) in [5, 5.41) is 19.0. The van der Waals surface area contributed by atoms with Crippen molar-refractivity contribution in [3.8, 4) is 16.9 Å². The number of fused-ring (bicyclic) bond motifs is 1. The molecule has 1 aliphatic heterocycles. The van der Waals surface area contributed by atoms with Gasteiger partial charge in [-0.15, -0.1) is 0 Å². The Morgan fingerprint density at radius 2 is 1.72 bits per heavy atom. The molecule has 0 radical (unpaired) electrons. The average molecular weight is 553 g/mol. The summed E-state index contributed by atoms with van der Waals surface area (Å²) in [7, 11) is -1.96. The molecule has 8 nitrogen and oxygen atoms in total. The van der Waals surface area contributed by atoms with E-state index in [4.69, 9.17) is 9.84 Å². The Labute approximate surface area is 230 Å². The molecule has 0 amide bonds. The molecule has 39 heavy (non-hydrogen) atoms. The minimum atomic E-state index is -3.92. The van der Waals surface area contributed by atoms with Crippen LogP contribution in [0.3, 0.4) is 0 Å². The number of likely N-dealkylation sites (N-methyl/N-ethyl adjacent to an activating group) is 1. The fourth-order valence-electron chi connectivity index (χ4n) is 4.81. The molecule has 9 heteroatoms. The summed E-state index contributed by atoms with van der Waals surface area (Å²) in [6, 6.07) is 19.4. The van der Waals surface area contributed by atoms with Crippen molar-refractivity contribution in [3.05, 3.63) is 83.4 Å². The van der Waals surface area contributed by atoms with Crippen LogP contribution in [-0.2, 0) is 16.6 Å². The van der Waals surface area contributed by atoms with E-state index in [1.54, 1.807) is 49.4 Å². The lowest BCUT2D eigenvalue weighted by molar-refractivity contribution is 0.0697. The van der Waals surface area contributed by atoms with Crippen molar-refractivity contribution in [2.24, 2.45) is 5.92 Å². The van der Waals surface area contributed by atoms with Crippen molar-refractivity contribution in [1.82, 2.24) is 9.21 Å². The fourth-order valence-corrected chi connectivity index (χ4v) is 6.63. The van der Waals surface area contributed by atoms with Crippen LogP contribution in [0, 0.1) is 12.8 Å². The normalized spacial score (nSPS) is 19.9. The Kier molecular flexibility index (Phi) is 8.76. The van der Waals surface area contributed by atoms with Crippen molar-refractivity contribution in [1.29, 1.82) is 0 Å². The third-order valence-electron chi connectivity index (χ3n) is 7.20. The molecule has 3 atom stereocenters. The first-order chi connectivity index (χ1) is 18.5. The molecule has 208 valence electrons. The number of benzene rings is 3. The molecule has 0 unspecified atom stereocenters. The maximum atomic E-state index is 13.7. The number of ether oxygens (including phenoxy) is 1. The van der Waals surface area contributed by atoms with Crippen LogP contribution in [0.4, 0.5) is 0 Å². The number of sulfonamides is 1. The van der Waals surface area contributed by atoms with Gasteiger partial charge in [0.15, 0.2) is 0 Å². The van der Waals surface area contributed by atoms with E-state index in [0.717, 1.165) is 22.3 Å². The van der Waals surface area contributed by atoms with Crippen LogP contribution in [0.25, 0.3) is 11.1 Å². The summed E-state index contributed by atoms with van der Waals surface area (Å²) < 4.78 is 35.4. The van der Waals surface area contributed by atoms with Crippen LogP contribution in [0.1, 0.15) is 35.3 Å². The number of aryl methyl sites for hydroxylation is 1. The van der Waals surface area contributed by atoms with Crippen LogP contribution >= 0.6 is 0 Å². The van der Waals surface area contributed by atoms with Gasteiger partial charge in [0.25, 0.3) is 0 Å². The number of aromatic carboxylic acids is 1. The first-order valence-electron chi connectivity index (χ1n) is 13.0. The fraction of sp³-hybridized carbons (Fsp3) is 0.367. The lowest BCUT2D eigenvalue weighted by Gasteiger charge is -2.37. The predicted octanol–water partition coefficient (Wildman–Crippen LogP) is 4.26. The quantitative estimate of drug-likeness (QED) is 0.430. The standard InChI is InChI=1S/C30H36N2O6S/c1-20-5-9-24(10-6-20)26-13-14-29-27(15-26)38-28(21(2)16-32(22(3)19-33)39(29,36)37)18-31(4)17-23-7-11-25(12-8-23)30(34)35/h5-15,21-22,28,33H,16-19H2,1-4H3,(H,34,35)/t21-,22-,28-/m0/s1. The first-order valence-corrected chi connectivity index (χ1v) is 14.4. The zero-order chi connectivity index (χ0) is 28.3. The van der Waals surface area contributed by atoms with Gasteiger partial charge in [-0.3, -0.25) is 4.90 Å². The molecule has 1 aliphatic rings. The van der Waals surface area contributed by atoms with Crippen LogP contribution in [0.2, 0.25) is 0 Å². The summed E-state index contributed by atoms with van der Waals surface area (Å²) in [6.07, 6.45) is -0.343. The number of carbonyl (C=O) groups is 1. The van der Waals surface area contributed by atoms with Gasteiger partial charge in [-0.2, -0.15) is 4.31 Å².